The number of benzene rings is 10. The molecule has 5 heteroatoms. The van der Waals surface area contributed by atoms with Crippen LogP contribution in [-0.4, -0.2) is 0 Å². The van der Waals surface area contributed by atoms with Crippen molar-refractivity contribution >= 4 is 75.0 Å². The predicted octanol–water partition coefficient (Wildman–Crippen LogP) is 15.4. The van der Waals surface area contributed by atoms with Crippen molar-refractivity contribution in [2.24, 2.45) is 0 Å². The molecule has 1 fully saturated rings. The van der Waals surface area contributed by atoms with Crippen molar-refractivity contribution in [3.8, 4) is 33.4 Å². The summed E-state index contributed by atoms with van der Waals surface area (Å²) in [4.78, 5) is 0. The van der Waals surface area contributed by atoms with E-state index >= 15 is 0 Å². The SMILES string of the molecule is c1ccc(-c2ccc(C3NC(c4ccc5c(c4)sc4cc(-c6cccc7oc8cc9ccccc9cc8c67)ccc45)NC(c4cccc5ccccc45)N3)cc2-c2ccccc2)cc1. The number of fused-ring (bicyclic) bond motifs is 8. The molecule has 0 spiro atoms. The first kappa shape index (κ1) is 37.2. The van der Waals surface area contributed by atoms with Crippen molar-refractivity contribution in [2.75, 3.05) is 0 Å². The van der Waals surface area contributed by atoms with E-state index in [9.17, 15) is 0 Å². The van der Waals surface area contributed by atoms with Crippen molar-refractivity contribution < 1.29 is 4.42 Å². The number of rotatable bonds is 6. The second-order valence-electron chi connectivity index (χ2n) is 16.9. The molecule has 12 aromatic rings. The fourth-order valence-corrected chi connectivity index (χ4v) is 11.3. The van der Waals surface area contributed by atoms with E-state index in [1.165, 1.54) is 91.8 Å². The van der Waals surface area contributed by atoms with E-state index in [1.807, 2.05) is 11.3 Å². The van der Waals surface area contributed by atoms with E-state index in [1.54, 1.807) is 0 Å². The van der Waals surface area contributed by atoms with Gasteiger partial charge in [-0.15, -0.1) is 11.3 Å². The van der Waals surface area contributed by atoms with Gasteiger partial charge in [-0.05, 0) is 108 Å². The molecule has 10 aromatic carbocycles. The van der Waals surface area contributed by atoms with E-state index in [4.69, 9.17) is 4.42 Å². The molecule has 3 atom stereocenters. The molecule has 3 N–H and O–H groups in total. The van der Waals surface area contributed by atoms with Crippen molar-refractivity contribution in [1.29, 1.82) is 0 Å². The van der Waals surface area contributed by atoms with E-state index in [-0.39, 0.29) is 18.5 Å². The monoisotopic (exact) mass is 839 g/mol. The fraction of sp³-hybridized carbons (Fsp3) is 0.0508. The molecule has 0 aliphatic carbocycles. The van der Waals surface area contributed by atoms with Crippen LogP contribution in [0, 0.1) is 0 Å². The van der Waals surface area contributed by atoms with Gasteiger partial charge in [-0.1, -0.05) is 176 Å². The van der Waals surface area contributed by atoms with Crippen LogP contribution in [0.4, 0.5) is 0 Å². The average molecular weight is 840 g/mol. The fourth-order valence-electron chi connectivity index (χ4n) is 10.1. The Kier molecular flexibility index (Phi) is 8.81. The number of thiophene rings is 1. The molecule has 1 aliphatic rings. The summed E-state index contributed by atoms with van der Waals surface area (Å²) in [5.41, 5.74) is 12.6. The minimum atomic E-state index is -0.150. The highest BCUT2D eigenvalue weighted by Gasteiger charge is 2.31. The van der Waals surface area contributed by atoms with E-state index in [2.05, 4.69) is 228 Å². The lowest BCUT2D eigenvalue weighted by atomic mass is 9.91. The maximum Gasteiger partial charge on any atom is 0.136 e. The summed E-state index contributed by atoms with van der Waals surface area (Å²) in [6.45, 7) is 0. The Balaban J connectivity index is 0.902. The summed E-state index contributed by atoms with van der Waals surface area (Å²) >= 11 is 1.86. The summed E-state index contributed by atoms with van der Waals surface area (Å²) in [5, 5.41) is 21.7. The lowest BCUT2D eigenvalue weighted by Gasteiger charge is -2.40. The third-order valence-corrected chi connectivity index (χ3v) is 14.3. The van der Waals surface area contributed by atoms with Crippen LogP contribution in [0.2, 0.25) is 0 Å². The minimum Gasteiger partial charge on any atom is -0.456 e. The van der Waals surface area contributed by atoms with Gasteiger partial charge in [-0.2, -0.15) is 0 Å². The largest absolute Gasteiger partial charge is 0.456 e. The van der Waals surface area contributed by atoms with Gasteiger partial charge in [0, 0.05) is 30.9 Å². The second-order valence-corrected chi connectivity index (χ2v) is 18.0. The van der Waals surface area contributed by atoms with Gasteiger partial charge < -0.3 is 4.42 Å². The van der Waals surface area contributed by atoms with Gasteiger partial charge in [0.1, 0.15) is 11.2 Å². The Morgan fingerprint density at radius 2 is 0.953 bits per heavy atom. The third-order valence-electron chi connectivity index (χ3n) is 13.2. The van der Waals surface area contributed by atoms with Crippen LogP contribution in [0.5, 0.6) is 0 Å². The Morgan fingerprint density at radius 3 is 1.75 bits per heavy atom. The van der Waals surface area contributed by atoms with Gasteiger partial charge in [0.25, 0.3) is 0 Å². The molecule has 13 rings (SSSR count). The van der Waals surface area contributed by atoms with Gasteiger partial charge in [0.15, 0.2) is 0 Å². The molecule has 3 heterocycles. The maximum atomic E-state index is 6.46. The third kappa shape index (κ3) is 6.32. The minimum absolute atomic E-state index is 0.128. The average Bonchev–Trinajstić information content (AvgIpc) is 3.92. The Hall–Kier alpha value is -7.38. The van der Waals surface area contributed by atoms with E-state index < -0.39 is 0 Å². The Bertz CT molecular complexity index is 3740. The number of nitrogens with one attached hydrogen (secondary N) is 3. The van der Waals surface area contributed by atoms with Gasteiger partial charge >= 0.3 is 0 Å². The molecule has 3 unspecified atom stereocenters. The first-order chi connectivity index (χ1) is 31.7. The zero-order valence-electron chi connectivity index (χ0n) is 34.8. The van der Waals surface area contributed by atoms with Crippen molar-refractivity contribution in [1.82, 2.24) is 16.0 Å². The van der Waals surface area contributed by atoms with Crippen LogP contribution in [-0.2, 0) is 0 Å². The van der Waals surface area contributed by atoms with Gasteiger partial charge in [0.05, 0.1) is 18.5 Å². The number of hydrogen-bond acceptors (Lipinski definition) is 5. The topological polar surface area (TPSA) is 49.2 Å². The van der Waals surface area contributed by atoms with Crippen LogP contribution in [0.25, 0.3) is 97.0 Å². The molecule has 304 valence electrons. The lowest BCUT2D eigenvalue weighted by molar-refractivity contribution is 0.204. The summed E-state index contributed by atoms with van der Waals surface area (Å²) in [6.07, 6.45) is -0.419. The number of hydrogen-bond donors (Lipinski definition) is 3. The van der Waals surface area contributed by atoms with Crippen LogP contribution in [0.3, 0.4) is 0 Å². The molecular formula is C59H41N3OS. The standard InChI is InChI=1S/C59H41N3OS/c1-3-13-36(14-4-1)45-28-26-42(32-50(45)38-15-5-2-6-16-38)57-60-58(62-59(61-57)49-23-11-20-37-17-9-10-21-44(37)49)43-27-30-48-47-29-25-41(34-54(47)64-55(48)35-43)46-22-12-24-52-56(46)51-31-39-18-7-8-19-40(39)33-53(51)63-52/h1-35,57-62H. The van der Waals surface area contributed by atoms with Gasteiger partial charge in [0.2, 0.25) is 0 Å². The highest BCUT2D eigenvalue weighted by molar-refractivity contribution is 7.25. The zero-order valence-corrected chi connectivity index (χ0v) is 35.6. The maximum absolute atomic E-state index is 6.46. The van der Waals surface area contributed by atoms with Crippen molar-refractivity contribution in [3.63, 3.8) is 0 Å². The molecule has 0 bridgehead atoms. The first-order valence-corrected chi connectivity index (χ1v) is 22.8. The molecule has 1 aliphatic heterocycles. The second kappa shape index (κ2) is 15.2. The number of furan rings is 1. The summed E-state index contributed by atoms with van der Waals surface area (Å²) in [7, 11) is 0. The molecule has 1 saturated heterocycles. The van der Waals surface area contributed by atoms with Crippen molar-refractivity contribution in [2.45, 2.75) is 18.5 Å². The van der Waals surface area contributed by atoms with Gasteiger partial charge in [-0.3, -0.25) is 16.0 Å². The molecule has 0 amide bonds. The van der Waals surface area contributed by atoms with Crippen LogP contribution in [0.15, 0.2) is 217 Å². The van der Waals surface area contributed by atoms with Crippen molar-refractivity contribution in [3.05, 3.63) is 229 Å². The first-order valence-electron chi connectivity index (χ1n) is 22.0. The molecule has 0 saturated carbocycles. The Morgan fingerprint density at radius 1 is 0.344 bits per heavy atom. The highest BCUT2D eigenvalue weighted by atomic mass is 32.1. The molecular weight excluding hydrogens is 799 g/mol. The van der Waals surface area contributed by atoms with Crippen LogP contribution >= 0.6 is 11.3 Å². The smallest absolute Gasteiger partial charge is 0.136 e. The molecule has 0 radical (unpaired) electrons. The van der Waals surface area contributed by atoms with E-state index in [0.717, 1.165) is 21.9 Å². The zero-order chi connectivity index (χ0) is 42.1. The Labute approximate surface area is 374 Å². The quantitative estimate of drug-likeness (QED) is 0.156. The van der Waals surface area contributed by atoms with Gasteiger partial charge in [-0.25, -0.2) is 0 Å². The lowest BCUT2D eigenvalue weighted by Crippen LogP contribution is -2.54. The highest BCUT2D eigenvalue weighted by Crippen LogP contribution is 2.43. The predicted molar refractivity (Wildman–Crippen MR) is 268 cm³/mol. The normalized spacial score (nSPS) is 16.7. The molecule has 2 aromatic heterocycles. The van der Waals surface area contributed by atoms with Crippen LogP contribution in [0.1, 0.15) is 35.2 Å². The summed E-state index contributed by atoms with van der Waals surface area (Å²) < 4.78 is 8.99. The molecule has 4 nitrogen and oxygen atoms in total. The summed E-state index contributed by atoms with van der Waals surface area (Å²) in [5.74, 6) is 0. The molecule has 64 heavy (non-hydrogen) atoms. The van der Waals surface area contributed by atoms with Crippen LogP contribution < -0.4 is 16.0 Å². The summed E-state index contributed by atoms with van der Waals surface area (Å²) in [6, 6.07) is 77.0. The van der Waals surface area contributed by atoms with E-state index in [0.29, 0.717) is 0 Å².